The maximum Gasteiger partial charge on any atom is 0.317 e. The zero-order valence-corrected chi connectivity index (χ0v) is 11.6. The minimum absolute atomic E-state index is 0.0538. The van der Waals surface area contributed by atoms with Gasteiger partial charge in [0.25, 0.3) is 0 Å². The van der Waals surface area contributed by atoms with E-state index in [1.165, 1.54) is 16.2 Å². The first-order valence-electron chi connectivity index (χ1n) is 5.66. The maximum absolute atomic E-state index is 11.8. The number of nitrogens with zero attached hydrogens (tertiary/aromatic N) is 1. The van der Waals surface area contributed by atoms with E-state index in [2.05, 4.69) is 11.9 Å². The first-order valence-corrected chi connectivity index (χ1v) is 6.85. The Morgan fingerprint density at radius 1 is 1.61 bits per heavy atom. The molecule has 1 aromatic heterocycles. The van der Waals surface area contributed by atoms with Crippen LogP contribution in [0.25, 0.3) is 0 Å². The Bertz CT molecular complexity index is 395. The number of nitrogens with one attached hydrogen (secondary N) is 1. The fourth-order valence-electron chi connectivity index (χ4n) is 1.44. The first-order chi connectivity index (χ1) is 8.67. The molecule has 0 aromatic carbocycles. The molecular formula is C12H17ClN2O2S. The van der Waals surface area contributed by atoms with Crippen LogP contribution in [-0.4, -0.2) is 42.3 Å². The topological polar surface area (TPSA) is 52.6 Å². The largest absolute Gasteiger partial charge is 0.395 e. The molecule has 0 fully saturated rings. The molecule has 0 saturated carbocycles. The summed E-state index contributed by atoms with van der Waals surface area (Å²) in [4.78, 5) is 14.4. The molecular weight excluding hydrogens is 272 g/mol. The van der Waals surface area contributed by atoms with Crippen molar-refractivity contribution < 1.29 is 9.90 Å². The number of urea groups is 1. The van der Waals surface area contributed by atoms with Crippen LogP contribution in [0.1, 0.15) is 4.88 Å². The third kappa shape index (κ3) is 5.08. The number of carbonyl (C=O) groups is 1. The summed E-state index contributed by atoms with van der Waals surface area (Å²) in [5.74, 6) is 0. The molecule has 2 N–H and O–H groups in total. The van der Waals surface area contributed by atoms with Crippen LogP contribution in [0.5, 0.6) is 0 Å². The fraction of sp³-hybridized carbons (Fsp3) is 0.417. The molecule has 0 atom stereocenters. The predicted molar refractivity (Wildman–Crippen MR) is 75.3 cm³/mol. The molecule has 6 heteroatoms. The normalized spacial score (nSPS) is 10.1. The molecule has 18 heavy (non-hydrogen) atoms. The summed E-state index contributed by atoms with van der Waals surface area (Å²) >= 11 is 7.33. The van der Waals surface area contributed by atoms with Crippen molar-refractivity contribution in [3.63, 3.8) is 0 Å². The van der Waals surface area contributed by atoms with Crippen molar-refractivity contribution in [3.05, 3.63) is 34.0 Å². The standard InChI is InChI=1S/C12H17ClN2O2S/c1-2-7-15(8-9-16)12(17)14-6-5-10-3-4-11(13)18-10/h2-4,16H,1,5-9H2,(H,14,17). The molecule has 0 aliphatic heterocycles. The lowest BCUT2D eigenvalue weighted by molar-refractivity contribution is 0.184. The number of hydrogen-bond donors (Lipinski definition) is 2. The highest BCUT2D eigenvalue weighted by Crippen LogP contribution is 2.21. The van der Waals surface area contributed by atoms with Gasteiger partial charge in [-0.15, -0.1) is 17.9 Å². The maximum atomic E-state index is 11.8. The summed E-state index contributed by atoms with van der Waals surface area (Å²) in [5, 5.41) is 11.7. The fourth-order valence-corrected chi connectivity index (χ4v) is 2.53. The van der Waals surface area contributed by atoms with Crippen LogP contribution in [0.3, 0.4) is 0 Å². The van der Waals surface area contributed by atoms with E-state index in [-0.39, 0.29) is 12.6 Å². The van der Waals surface area contributed by atoms with Crippen LogP contribution in [0, 0.1) is 0 Å². The van der Waals surface area contributed by atoms with Gasteiger partial charge in [0.05, 0.1) is 10.9 Å². The van der Waals surface area contributed by atoms with Gasteiger partial charge in [-0.2, -0.15) is 0 Å². The Morgan fingerprint density at radius 3 is 2.94 bits per heavy atom. The van der Waals surface area contributed by atoms with E-state index < -0.39 is 0 Å². The van der Waals surface area contributed by atoms with E-state index in [9.17, 15) is 4.79 Å². The molecule has 0 aliphatic carbocycles. The van der Waals surface area contributed by atoms with Crippen molar-refractivity contribution in [2.45, 2.75) is 6.42 Å². The molecule has 0 aliphatic rings. The van der Waals surface area contributed by atoms with Crippen LogP contribution < -0.4 is 5.32 Å². The Hall–Kier alpha value is -1.04. The summed E-state index contributed by atoms with van der Waals surface area (Å²) in [7, 11) is 0. The number of hydrogen-bond acceptors (Lipinski definition) is 3. The second-order valence-corrected chi connectivity index (χ2v) is 5.45. The average Bonchev–Trinajstić information content (AvgIpc) is 2.75. The predicted octanol–water partition coefficient (Wildman–Crippen LogP) is 2.13. The summed E-state index contributed by atoms with van der Waals surface area (Å²) in [6.07, 6.45) is 2.39. The second kappa shape index (κ2) is 8.13. The summed E-state index contributed by atoms with van der Waals surface area (Å²) < 4.78 is 0.755. The molecule has 0 bridgehead atoms. The quantitative estimate of drug-likeness (QED) is 0.755. The highest BCUT2D eigenvalue weighted by Gasteiger charge is 2.10. The molecule has 0 saturated heterocycles. The molecule has 100 valence electrons. The molecule has 0 spiro atoms. The molecule has 1 aromatic rings. The lowest BCUT2D eigenvalue weighted by atomic mass is 10.3. The molecule has 4 nitrogen and oxygen atoms in total. The van der Waals surface area contributed by atoms with Crippen molar-refractivity contribution in [1.29, 1.82) is 0 Å². The third-order valence-corrected chi connectivity index (χ3v) is 3.57. The van der Waals surface area contributed by atoms with Gasteiger partial charge in [0.15, 0.2) is 0 Å². The van der Waals surface area contributed by atoms with E-state index in [4.69, 9.17) is 16.7 Å². The van der Waals surface area contributed by atoms with Gasteiger partial charge in [-0.25, -0.2) is 4.79 Å². The molecule has 1 heterocycles. The lowest BCUT2D eigenvalue weighted by Gasteiger charge is -2.20. The zero-order valence-electron chi connectivity index (χ0n) is 10.1. The van der Waals surface area contributed by atoms with E-state index in [1.54, 1.807) is 6.08 Å². The Labute approximate surface area is 116 Å². The Balaban J connectivity index is 2.32. The lowest BCUT2D eigenvalue weighted by Crippen LogP contribution is -2.42. The van der Waals surface area contributed by atoms with E-state index in [0.717, 1.165) is 15.6 Å². The smallest absolute Gasteiger partial charge is 0.317 e. The minimum atomic E-state index is -0.188. The summed E-state index contributed by atoms with van der Waals surface area (Å²) in [6, 6.07) is 3.61. The van der Waals surface area contributed by atoms with Gasteiger partial charge in [0, 0.05) is 24.5 Å². The number of carbonyl (C=O) groups excluding carboxylic acids is 1. The zero-order chi connectivity index (χ0) is 13.4. The number of aliphatic hydroxyl groups is 1. The van der Waals surface area contributed by atoms with Crippen LogP contribution in [0.4, 0.5) is 4.79 Å². The van der Waals surface area contributed by atoms with E-state index >= 15 is 0 Å². The van der Waals surface area contributed by atoms with E-state index in [1.807, 2.05) is 12.1 Å². The Morgan fingerprint density at radius 2 is 2.39 bits per heavy atom. The van der Waals surface area contributed by atoms with Gasteiger partial charge < -0.3 is 15.3 Å². The van der Waals surface area contributed by atoms with Gasteiger partial charge in [-0.05, 0) is 18.6 Å². The number of halogens is 1. The van der Waals surface area contributed by atoms with Crippen LogP contribution >= 0.6 is 22.9 Å². The van der Waals surface area contributed by atoms with Gasteiger partial charge >= 0.3 is 6.03 Å². The molecule has 2 amide bonds. The van der Waals surface area contributed by atoms with Gasteiger partial charge in [-0.1, -0.05) is 17.7 Å². The number of amides is 2. The third-order valence-electron chi connectivity index (χ3n) is 2.28. The number of thiophene rings is 1. The molecule has 0 unspecified atom stereocenters. The molecule has 1 rings (SSSR count). The van der Waals surface area contributed by atoms with E-state index in [0.29, 0.717) is 19.6 Å². The van der Waals surface area contributed by atoms with Gasteiger partial charge in [0.2, 0.25) is 0 Å². The van der Waals surface area contributed by atoms with Crippen molar-refractivity contribution in [1.82, 2.24) is 10.2 Å². The summed E-state index contributed by atoms with van der Waals surface area (Å²) in [5.41, 5.74) is 0. The van der Waals surface area contributed by atoms with Crippen molar-refractivity contribution in [2.75, 3.05) is 26.2 Å². The minimum Gasteiger partial charge on any atom is -0.395 e. The number of aliphatic hydroxyl groups excluding tert-OH is 1. The van der Waals surface area contributed by atoms with Gasteiger partial charge in [0.1, 0.15) is 0 Å². The molecule has 0 radical (unpaired) electrons. The van der Waals surface area contributed by atoms with Crippen LogP contribution in [0.2, 0.25) is 4.34 Å². The van der Waals surface area contributed by atoms with Crippen LogP contribution in [-0.2, 0) is 6.42 Å². The average molecular weight is 289 g/mol. The Kier molecular flexibility index (Phi) is 6.78. The van der Waals surface area contributed by atoms with Crippen LogP contribution in [0.15, 0.2) is 24.8 Å². The first kappa shape index (κ1) is 15.0. The van der Waals surface area contributed by atoms with Crippen molar-refractivity contribution in [3.8, 4) is 0 Å². The van der Waals surface area contributed by atoms with Gasteiger partial charge in [-0.3, -0.25) is 0 Å². The monoisotopic (exact) mass is 288 g/mol. The highest BCUT2D eigenvalue weighted by atomic mass is 35.5. The highest BCUT2D eigenvalue weighted by molar-refractivity contribution is 7.16. The SMILES string of the molecule is C=CCN(CCO)C(=O)NCCc1ccc(Cl)s1. The summed E-state index contributed by atoms with van der Waals surface area (Å²) in [6.45, 7) is 4.81. The van der Waals surface area contributed by atoms with Crippen molar-refractivity contribution >= 4 is 29.0 Å². The second-order valence-electron chi connectivity index (χ2n) is 3.65. The van der Waals surface area contributed by atoms with Crippen molar-refractivity contribution in [2.24, 2.45) is 0 Å². The number of rotatable bonds is 7.